The zero-order chi connectivity index (χ0) is 6.53. The van der Waals surface area contributed by atoms with E-state index in [4.69, 9.17) is 4.74 Å². The molecule has 0 spiro atoms. The van der Waals surface area contributed by atoms with Gasteiger partial charge in [-0.25, -0.2) is 0 Å². The molecule has 1 atom stereocenters. The molecule has 0 aliphatic carbocycles. The van der Waals surface area contributed by atoms with Crippen molar-refractivity contribution in [3.8, 4) is 0 Å². The van der Waals surface area contributed by atoms with E-state index in [0.717, 1.165) is 26.1 Å². The molecule has 1 saturated heterocycles. The molecule has 0 saturated carbocycles. The van der Waals surface area contributed by atoms with E-state index in [-0.39, 0.29) is 0 Å². The first-order valence-electron chi connectivity index (χ1n) is 3.76. The number of rotatable bonds is 3. The Labute approximate surface area is 56.6 Å². The zero-order valence-corrected chi connectivity index (χ0v) is 6.02. The summed E-state index contributed by atoms with van der Waals surface area (Å²) >= 11 is 0. The Kier molecular flexibility index (Phi) is 3.01. The molecule has 1 aliphatic rings. The highest BCUT2D eigenvalue weighted by Gasteiger charge is 2.13. The van der Waals surface area contributed by atoms with Crippen molar-refractivity contribution in [3.05, 3.63) is 0 Å². The first kappa shape index (κ1) is 7.03. The van der Waals surface area contributed by atoms with Gasteiger partial charge in [0.1, 0.15) is 0 Å². The largest absolute Gasteiger partial charge is 0.377 e. The van der Waals surface area contributed by atoms with Crippen LogP contribution in [0.5, 0.6) is 0 Å². The Hall–Kier alpha value is -0.0800. The maximum atomic E-state index is 5.49. The van der Waals surface area contributed by atoms with Crippen molar-refractivity contribution in [2.75, 3.05) is 19.7 Å². The van der Waals surface area contributed by atoms with Gasteiger partial charge in [0, 0.05) is 13.2 Å². The molecule has 2 heteroatoms. The first-order valence-corrected chi connectivity index (χ1v) is 3.76. The molecule has 0 bridgehead atoms. The fraction of sp³-hybridized carbons (Fsp3) is 1.00. The average Bonchev–Trinajstić information content (AvgIpc) is 2.34. The van der Waals surface area contributed by atoms with E-state index in [2.05, 4.69) is 12.2 Å². The molecular formula is C7H15NO. The Morgan fingerprint density at radius 3 is 3.11 bits per heavy atom. The normalized spacial score (nSPS) is 27.0. The summed E-state index contributed by atoms with van der Waals surface area (Å²) in [5.41, 5.74) is 0. The fourth-order valence-corrected chi connectivity index (χ4v) is 1.05. The lowest BCUT2D eigenvalue weighted by Crippen LogP contribution is -2.16. The van der Waals surface area contributed by atoms with Crippen LogP contribution in [0.4, 0.5) is 0 Å². The highest BCUT2D eigenvalue weighted by atomic mass is 16.5. The summed E-state index contributed by atoms with van der Waals surface area (Å²) in [6, 6.07) is 0. The Morgan fingerprint density at radius 2 is 2.56 bits per heavy atom. The van der Waals surface area contributed by atoms with Crippen LogP contribution in [0.15, 0.2) is 0 Å². The predicted octanol–water partition coefficient (Wildman–Crippen LogP) is 0.775. The van der Waals surface area contributed by atoms with E-state index >= 15 is 0 Å². The molecule has 0 aromatic heterocycles. The van der Waals surface area contributed by atoms with E-state index in [1.807, 2.05) is 0 Å². The van der Waals surface area contributed by atoms with Gasteiger partial charge in [-0.15, -0.1) is 0 Å². The highest BCUT2D eigenvalue weighted by molar-refractivity contribution is 4.70. The van der Waals surface area contributed by atoms with Gasteiger partial charge in [-0.2, -0.15) is 0 Å². The van der Waals surface area contributed by atoms with Gasteiger partial charge in [-0.1, -0.05) is 6.92 Å². The summed E-state index contributed by atoms with van der Waals surface area (Å²) in [5, 5.41) is 3.26. The summed E-state index contributed by atoms with van der Waals surface area (Å²) in [4.78, 5) is 0. The van der Waals surface area contributed by atoms with Gasteiger partial charge < -0.3 is 10.1 Å². The van der Waals surface area contributed by atoms with Crippen molar-refractivity contribution in [1.82, 2.24) is 5.32 Å². The lowest BCUT2D eigenvalue weighted by molar-refractivity contribution is 0.0676. The van der Waals surface area contributed by atoms with Gasteiger partial charge in [0.2, 0.25) is 0 Å². The van der Waals surface area contributed by atoms with Crippen LogP contribution in [-0.2, 0) is 4.74 Å². The molecule has 1 aliphatic heterocycles. The Balaban J connectivity index is 1.98. The average molecular weight is 129 g/mol. The molecule has 0 radical (unpaired) electrons. The Bertz CT molecular complexity index is 69.3. The topological polar surface area (TPSA) is 21.3 Å². The molecule has 1 N–H and O–H groups in total. The molecule has 1 rings (SSSR count). The van der Waals surface area contributed by atoms with E-state index in [1.54, 1.807) is 0 Å². The van der Waals surface area contributed by atoms with E-state index in [9.17, 15) is 0 Å². The van der Waals surface area contributed by atoms with Crippen molar-refractivity contribution in [2.24, 2.45) is 0 Å². The smallest absolute Gasteiger partial charge is 0.0711 e. The van der Waals surface area contributed by atoms with Crippen molar-refractivity contribution in [2.45, 2.75) is 25.9 Å². The van der Waals surface area contributed by atoms with Crippen LogP contribution in [0.1, 0.15) is 19.8 Å². The third-order valence-electron chi connectivity index (χ3n) is 1.57. The van der Waals surface area contributed by atoms with Crippen LogP contribution in [0.25, 0.3) is 0 Å². The lowest BCUT2D eigenvalue weighted by Gasteiger charge is -2.07. The van der Waals surface area contributed by atoms with Crippen LogP contribution in [0.3, 0.4) is 0 Å². The summed E-state index contributed by atoms with van der Waals surface area (Å²) in [6.07, 6.45) is 2.83. The molecule has 54 valence electrons. The third-order valence-corrected chi connectivity index (χ3v) is 1.57. The first-order chi connectivity index (χ1) is 4.43. The predicted molar refractivity (Wildman–Crippen MR) is 37.5 cm³/mol. The molecule has 1 unspecified atom stereocenters. The monoisotopic (exact) mass is 129 g/mol. The second-order valence-corrected chi connectivity index (χ2v) is 2.49. The second-order valence-electron chi connectivity index (χ2n) is 2.49. The maximum Gasteiger partial charge on any atom is 0.0711 e. The molecule has 2 nitrogen and oxygen atoms in total. The molecule has 9 heavy (non-hydrogen) atoms. The Morgan fingerprint density at radius 1 is 1.67 bits per heavy atom. The van der Waals surface area contributed by atoms with E-state index < -0.39 is 0 Å². The summed E-state index contributed by atoms with van der Waals surface area (Å²) in [6.45, 7) is 5.25. The third kappa shape index (κ3) is 2.33. The van der Waals surface area contributed by atoms with E-state index in [1.165, 1.54) is 6.42 Å². The maximum absolute atomic E-state index is 5.49. The SMILES string of the molecule is CCCOC1CCNC1. The molecule has 0 amide bonds. The molecule has 0 aromatic rings. The van der Waals surface area contributed by atoms with Gasteiger partial charge in [-0.05, 0) is 19.4 Å². The van der Waals surface area contributed by atoms with Crippen LogP contribution < -0.4 is 5.32 Å². The number of hydrogen-bond acceptors (Lipinski definition) is 2. The van der Waals surface area contributed by atoms with E-state index in [0.29, 0.717) is 6.10 Å². The van der Waals surface area contributed by atoms with Crippen LogP contribution in [-0.4, -0.2) is 25.8 Å². The minimum Gasteiger partial charge on any atom is -0.377 e. The van der Waals surface area contributed by atoms with Gasteiger partial charge in [-0.3, -0.25) is 0 Å². The lowest BCUT2D eigenvalue weighted by atomic mass is 10.3. The van der Waals surface area contributed by atoms with Crippen LogP contribution in [0.2, 0.25) is 0 Å². The quantitative estimate of drug-likeness (QED) is 0.608. The fourth-order valence-electron chi connectivity index (χ4n) is 1.05. The summed E-state index contributed by atoms with van der Waals surface area (Å²) in [5.74, 6) is 0. The van der Waals surface area contributed by atoms with Gasteiger partial charge in [0.15, 0.2) is 0 Å². The van der Waals surface area contributed by atoms with Gasteiger partial charge >= 0.3 is 0 Å². The minimum atomic E-state index is 0.505. The van der Waals surface area contributed by atoms with Crippen molar-refractivity contribution < 1.29 is 4.74 Å². The standard InChI is InChI=1S/C7H15NO/c1-2-5-9-7-3-4-8-6-7/h7-8H,2-6H2,1H3. The summed E-state index contributed by atoms with van der Waals surface area (Å²) in [7, 11) is 0. The van der Waals surface area contributed by atoms with Crippen molar-refractivity contribution in [1.29, 1.82) is 0 Å². The zero-order valence-electron chi connectivity index (χ0n) is 6.02. The second kappa shape index (κ2) is 3.85. The van der Waals surface area contributed by atoms with Crippen LogP contribution >= 0.6 is 0 Å². The van der Waals surface area contributed by atoms with Crippen LogP contribution in [0, 0.1) is 0 Å². The molecule has 0 aromatic carbocycles. The molecule has 1 heterocycles. The van der Waals surface area contributed by atoms with Crippen molar-refractivity contribution >= 4 is 0 Å². The minimum absolute atomic E-state index is 0.505. The molecular weight excluding hydrogens is 114 g/mol. The van der Waals surface area contributed by atoms with Crippen molar-refractivity contribution in [3.63, 3.8) is 0 Å². The highest BCUT2D eigenvalue weighted by Crippen LogP contribution is 2.02. The number of ether oxygens (including phenoxy) is 1. The number of nitrogens with one attached hydrogen (secondary N) is 1. The number of hydrogen-bond donors (Lipinski definition) is 1. The van der Waals surface area contributed by atoms with Gasteiger partial charge in [0.05, 0.1) is 6.10 Å². The summed E-state index contributed by atoms with van der Waals surface area (Å²) < 4.78 is 5.49. The van der Waals surface area contributed by atoms with Gasteiger partial charge in [0.25, 0.3) is 0 Å². The molecule has 1 fully saturated rings.